The van der Waals surface area contributed by atoms with Crippen molar-refractivity contribution in [1.82, 2.24) is 0 Å². The van der Waals surface area contributed by atoms with E-state index in [9.17, 15) is 14.4 Å². The molecule has 30 heavy (non-hydrogen) atoms. The number of anilines is 1. The number of esters is 3. The first-order chi connectivity index (χ1) is 14.5. The van der Waals surface area contributed by atoms with Crippen molar-refractivity contribution in [2.24, 2.45) is 0 Å². The Hall–Kier alpha value is -4.07. The zero-order valence-electron chi connectivity index (χ0n) is 16.6. The maximum Gasteiger partial charge on any atom is 0.373 e. The molecule has 154 valence electrons. The van der Waals surface area contributed by atoms with E-state index in [1.54, 1.807) is 48.7 Å². The molecule has 0 bridgehead atoms. The van der Waals surface area contributed by atoms with Gasteiger partial charge >= 0.3 is 17.9 Å². The van der Waals surface area contributed by atoms with E-state index >= 15 is 0 Å². The molecule has 3 rings (SSSR count). The summed E-state index contributed by atoms with van der Waals surface area (Å²) in [6.07, 6.45) is 6.40. The van der Waals surface area contributed by atoms with Gasteiger partial charge in [-0.3, -0.25) is 0 Å². The zero-order chi connectivity index (χ0) is 21.7. The molecule has 0 amide bonds. The summed E-state index contributed by atoms with van der Waals surface area (Å²) in [6.45, 7) is 0. The molecule has 0 saturated heterocycles. The highest BCUT2D eigenvalue weighted by Crippen LogP contribution is 2.31. The van der Waals surface area contributed by atoms with Crippen LogP contribution in [-0.2, 0) is 23.8 Å². The molecule has 2 heterocycles. The molecule has 0 radical (unpaired) electrons. The van der Waals surface area contributed by atoms with Crippen LogP contribution in [0, 0.1) is 0 Å². The fourth-order valence-electron chi connectivity index (χ4n) is 2.88. The minimum Gasteiger partial charge on any atom is -0.465 e. The van der Waals surface area contributed by atoms with Crippen LogP contribution in [0.4, 0.5) is 5.69 Å². The molecule has 1 aliphatic heterocycles. The highest BCUT2D eigenvalue weighted by atomic mass is 16.5. The zero-order valence-corrected chi connectivity index (χ0v) is 16.6. The van der Waals surface area contributed by atoms with E-state index in [2.05, 4.69) is 4.74 Å². The van der Waals surface area contributed by atoms with Gasteiger partial charge in [-0.2, -0.15) is 0 Å². The van der Waals surface area contributed by atoms with Crippen molar-refractivity contribution < 1.29 is 33.0 Å². The van der Waals surface area contributed by atoms with Gasteiger partial charge in [0.2, 0.25) is 5.76 Å². The maximum absolute atomic E-state index is 12.5. The third kappa shape index (κ3) is 4.02. The van der Waals surface area contributed by atoms with Gasteiger partial charge in [-0.05, 0) is 36.4 Å². The van der Waals surface area contributed by atoms with Crippen molar-refractivity contribution >= 4 is 23.6 Å². The molecule has 0 spiro atoms. The van der Waals surface area contributed by atoms with Crippen molar-refractivity contribution in [3.63, 3.8) is 0 Å². The lowest BCUT2D eigenvalue weighted by molar-refractivity contribution is -0.139. The van der Waals surface area contributed by atoms with Crippen LogP contribution < -0.4 is 4.90 Å². The molecule has 0 unspecified atom stereocenters. The number of carbonyl (C=O) groups excluding carboxylic acids is 3. The highest BCUT2D eigenvalue weighted by Gasteiger charge is 2.27. The van der Waals surface area contributed by atoms with Gasteiger partial charge in [0.15, 0.2) is 0 Å². The summed E-state index contributed by atoms with van der Waals surface area (Å²) in [4.78, 5) is 38.0. The molecule has 0 N–H and O–H groups in total. The second-order valence-corrected chi connectivity index (χ2v) is 6.02. The van der Waals surface area contributed by atoms with Gasteiger partial charge in [-0.1, -0.05) is 18.2 Å². The average molecular weight is 409 g/mol. The van der Waals surface area contributed by atoms with Crippen LogP contribution in [0.15, 0.2) is 76.5 Å². The van der Waals surface area contributed by atoms with E-state index in [1.165, 1.54) is 38.4 Å². The van der Waals surface area contributed by atoms with Crippen LogP contribution >= 0.6 is 0 Å². The van der Waals surface area contributed by atoms with Gasteiger partial charge in [0.05, 0.1) is 26.9 Å². The van der Waals surface area contributed by atoms with E-state index in [0.717, 1.165) is 0 Å². The molecule has 1 aromatic carbocycles. The minimum atomic E-state index is -0.706. The second-order valence-electron chi connectivity index (χ2n) is 6.02. The predicted octanol–water partition coefficient (Wildman–Crippen LogP) is 3.22. The summed E-state index contributed by atoms with van der Waals surface area (Å²) in [6, 6.07) is 10.2. The first-order valence-electron chi connectivity index (χ1n) is 8.83. The van der Waals surface area contributed by atoms with Crippen molar-refractivity contribution in [2.45, 2.75) is 0 Å². The standard InChI is InChI=1S/C22H19NO7/c1-27-20(24)16-9-4-5-12-23(19(16)22(26)29-3)15-8-6-7-14(13-15)17-10-11-18(30-17)21(25)28-2/h4-13H,1-3H3. The Balaban J connectivity index is 2.08. The Kier molecular flexibility index (Phi) is 6.17. The molecule has 0 aliphatic carbocycles. The second kappa shape index (κ2) is 8.95. The quantitative estimate of drug-likeness (QED) is 0.549. The number of benzene rings is 1. The summed E-state index contributed by atoms with van der Waals surface area (Å²) in [5.41, 5.74) is 1.26. The third-order valence-electron chi connectivity index (χ3n) is 4.29. The maximum atomic E-state index is 12.5. The van der Waals surface area contributed by atoms with Gasteiger partial charge in [0.25, 0.3) is 0 Å². The molecule has 1 aromatic heterocycles. The lowest BCUT2D eigenvalue weighted by atomic mass is 10.1. The molecule has 0 saturated carbocycles. The van der Waals surface area contributed by atoms with E-state index in [-0.39, 0.29) is 17.0 Å². The molecule has 8 heteroatoms. The minimum absolute atomic E-state index is 0.00111. The molecule has 0 fully saturated rings. The third-order valence-corrected chi connectivity index (χ3v) is 4.29. The van der Waals surface area contributed by atoms with Gasteiger partial charge in [-0.15, -0.1) is 0 Å². The summed E-state index contributed by atoms with van der Waals surface area (Å²) in [5, 5.41) is 0. The fourth-order valence-corrected chi connectivity index (χ4v) is 2.88. The van der Waals surface area contributed by atoms with Gasteiger partial charge in [-0.25, -0.2) is 14.4 Å². The van der Waals surface area contributed by atoms with Gasteiger partial charge in [0, 0.05) is 17.5 Å². The SMILES string of the molecule is COC(=O)C1=C(C(=O)OC)N(c2cccc(-c3ccc(C(=O)OC)o3)c2)C=CC=C1. The van der Waals surface area contributed by atoms with Crippen LogP contribution in [0.2, 0.25) is 0 Å². The number of furan rings is 1. The Morgan fingerprint density at radius 1 is 0.867 bits per heavy atom. The number of rotatable bonds is 5. The number of allylic oxidation sites excluding steroid dienone is 2. The van der Waals surface area contributed by atoms with Crippen LogP contribution in [0.1, 0.15) is 10.6 Å². The van der Waals surface area contributed by atoms with Crippen molar-refractivity contribution in [2.75, 3.05) is 26.2 Å². The molecule has 2 aromatic rings. The first-order valence-corrected chi connectivity index (χ1v) is 8.83. The van der Waals surface area contributed by atoms with Gasteiger partial charge < -0.3 is 23.5 Å². The van der Waals surface area contributed by atoms with E-state index in [0.29, 0.717) is 17.0 Å². The summed E-state index contributed by atoms with van der Waals surface area (Å²) < 4.78 is 19.9. The Morgan fingerprint density at radius 2 is 1.60 bits per heavy atom. The fraction of sp³-hybridized carbons (Fsp3) is 0.136. The van der Waals surface area contributed by atoms with E-state index < -0.39 is 17.9 Å². The topological polar surface area (TPSA) is 95.3 Å². The first kappa shape index (κ1) is 20.7. The smallest absolute Gasteiger partial charge is 0.373 e. The van der Waals surface area contributed by atoms with E-state index in [4.69, 9.17) is 13.9 Å². The highest BCUT2D eigenvalue weighted by molar-refractivity contribution is 6.05. The van der Waals surface area contributed by atoms with Crippen molar-refractivity contribution in [3.8, 4) is 11.3 Å². The molecule has 0 atom stereocenters. The van der Waals surface area contributed by atoms with Crippen molar-refractivity contribution in [1.29, 1.82) is 0 Å². The number of nitrogens with zero attached hydrogens (tertiary/aromatic N) is 1. The largest absolute Gasteiger partial charge is 0.465 e. The Bertz CT molecular complexity index is 1070. The molecular weight excluding hydrogens is 390 g/mol. The number of methoxy groups -OCH3 is 3. The number of hydrogen-bond donors (Lipinski definition) is 0. The monoisotopic (exact) mass is 409 g/mol. The lowest BCUT2D eigenvalue weighted by Gasteiger charge is -2.23. The number of hydrogen-bond acceptors (Lipinski definition) is 8. The Morgan fingerprint density at radius 3 is 2.30 bits per heavy atom. The van der Waals surface area contributed by atoms with Gasteiger partial charge in [0.1, 0.15) is 11.5 Å². The van der Waals surface area contributed by atoms with E-state index in [1.807, 2.05) is 0 Å². The number of carbonyl (C=O) groups is 3. The summed E-state index contributed by atoms with van der Waals surface area (Å²) >= 11 is 0. The lowest BCUT2D eigenvalue weighted by Crippen LogP contribution is -2.26. The van der Waals surface area contributed by atoms with Crippen LogP contribution in [0.3, 0.4) is 0 Å². The molecule has 8 nitrogen and oxygen atoms in total. The van der Waals surface area contributed by atoms with Crippen LogP contribution in [0.25, 0.3) is 11.3 Å². The predicted molar refractivity (Wildman–Crippen MR) is 107 cm³/mol. The Labute approximate surface area is 172 Å². The normalized spacial score (nSPS) is 13.1. The van der Waals surface area contributed by atoms with Crippen LogP contribution in [0.5, 0.6) is 0 Å². The molecule has 1 aliphatic rings. The summed E-state index contributed by atoms with van der Waals surface area (Å²) in [7, 11) is 3.73. The molecular formula is C22H19NO7. The van der Waals surface area contributed by atoms with Crippen LogP contribution in [-0.4, -0.2) is 39.2 Å². The van der Waals surface area contributed by atoms with Crippen molar-refractivity contribution in [3.05, 3.63) is 77.9 Å². The average Bonchev–Trinajstić information content (AvgIpc) is 3.17. The summed E-state index contributed by atoms with van der Waals surface area (Å²) in [5.74, 6) is -1.46. The number of ether oxygens (including phenoxy) is 3.